The molecule has 0 spiro atoms. The van der Waals surface area contributed by atoms with E-state index in [-0.39, 0.29) is 6.61 Å². The first-order valence-corrected chi connectivity index (χ1v) is 7.16. The summed E-state index contributed by atoms with van der Waals surface area (Å²) in [5.41, 5.74) is 2.38. The molecule has 0 aliphatic rings. The first kappa shape index (κ1) is 16.6. The second-order valence-corrected chi connectivity index (χ2v) is 5.08. The van der Waals surface area contributed by atoms with Crippen LogP contribution in [-0.2, 0) is 6.61 Å². The molecule has 0 heterocycles. The van der Waals surface area contributed by atoms with E-state index >= 15 is 0 Å². The van der Waals surface area contributed by atoms with Crippen molar-refractivity contribution in [3.8, 4) is 11.5 Å². The molecule has 23 heavy (non-hydrogen) atoms. The number of anilines is 1. The van der Waals surface area contributed by atoms with E-state index in [1.165, 1.54) is 7.05 Å². The van der Waals surface area contributed by atoms with Crippen molar-refractivity contribution in [2.45, 2.75) is 13.5 Å². The van der Waals surface area contributed by atoms with Gasteiger partial charge in [0, 0.05) is 7.05 Å². The van der Waals surface area contributed by atoms with Crippen molar-refractivity contribution in [1.29, 1.82) is 0 Å². The first-order valence-electron chi connectivity index (χ1n) is 7.16. The van der Waals surface area contributed by atoms with Gasteiger partial charge >= 0.3 is 6.03 Å². The number of hydrogen-bond donors (Lipinski definition) is 2. The van der Waals surface area contributed by atoms with Gasteiger partial charge < -0.3 is 14.8 Å². The Bertz CT molecular complexity index is 687. The highest BCUT2D eigenvalue weighted by molar-refractivity contribution is 5.90. The number of nitrogens with one attached hydrogen (secondary N) is 1. The number of benzene rings is 2. The zero-order valence-electron chi connectivity index (χ0n) is 13.5. The number of hydrazine groups is 1. The van der Waals surface area contributed by atoms with Crippen molar-refractivity contribution in [3.63, 3.8) is 0 Å². The van der Waals surface area contributed by atoms with Crippen LogP contribution in [0.15, 0.2) is 42.5 Å². The highest BCUT2D eigenvalue weighted by Crippen LogP contribution is 2.29. The first-order chi connectivity index (χ1) is 11.0. The second kappa shape index (κ2) is 7.51. The van der Waals surface area contributed by atoms with Gasteiger partial charge in [-0.1, -0.05) is 24.3 Å². The minimum absolute atomic E-state index is 0.263. The molecule has 2 aromatic rings. The van der Waals surface area contributed by atoms with Crippen LogP contribution >= 0.6 is 0 Å². The van der Waals surface area contributed by atoms with E-state index in [0.29, 0.717) is 11.4 Å². The molecule has 0 bridgehead atoms. The summed E-state index contributed by atoms with van der Waals surface area (Å²) < 4.78 is 11.2. The van der Waals surface area contributed by atoms with E-state index in [4.69, 9.17) is 15.3 Å². The Morgan fingerprint density at radius 3 is 2.52 bits per heavy atom. The molecule has 122 valence electrons. The number of nitrogens with two attached hydrogens (primary N) is 1. The van der Waals surface area contributed by atoms with Gasteiger partial charge in [-0.05, 0) is 30.7 Å². The molecule has 6 nitrogen and oxygen atoms in total. The largest absolute Gasteiger partial charge is 0.496 e. The Hall–Kier alpha value is -2.73. The molecule has 0 aliphatic carbocycles. The number of methoxy groups -OCH3 is 1. The average Bonchev–Trinajstić information content (AvgIpc) is 2.54. The zero-order chi connectivity index (χ0) is 16.8. The van der Waals surface area contributed by atoms with Crippen LogP contribution in [0.2, 0.25) is 0 Å². The molecule has 0 radical (unpaired) electrons. The molecular formula is C17H21N3O3. The molecule has 0 saturated heterocycles. The van der Waals surface area contributed by atoms with Crippen molar-refractivity contribution in [2.24, 2.45) is 5.84 Å². The highest BCUT2D eigenvalue weighted by Gasteiger charge is 2.14. The number of carbonyl (C=O) groups excluding carboxylic acids is 1. The fraction of sp³-hybridized carbons (Fsp3) is 0.235. The van der Waals surface area contributed by atoms with E-state index in [9.17, 15) is 4.79 Å². The van der Waals surface area contributed by atoms with Crippen LogP contribution in [0, 0.1) is 6.92 Å². The maximum atomic E-state index is 11.8. The summed E-state index contributed by atoms with van der Waals surface area (Å²) in [5.74, 6) is 6.87. The van der Waals surface area contributed by atoms with Gasteiger partial charge in [-0.15, -0.1) is 0 Å². The molecule has 3 N–H and O–H groups in total. The highest BCUT2D eigenvalue weighted by atomic mass is 16.5. The van der Waals surface area contributed by atoms with E-state index in [2.05, 4.69) is 5.32 Å². The molecule has 0 aliphatic heterocycles. The smallest absolute Gasteiger partial charge is 0.335 e. The lowest BCUT2D eigenvalue weighted by Gasteiger charge is -2.18. The maximum Gasteiger partial charge on any atom is 0.335 e. The summed E-state index contributed by atoms with van der Waals surface area (Å²) >= 11 is 0. The van der Waals surface area contributed by atoms with Crippen LogP contribution in [0.5, 0.6) is 11.5 Å². The van der Waals surface area contributed by atoms with Gasteiger partial charge in [0.1, 0.15) is 18.1 Å². The SMILES string of the molecule is COc1cccc(NC(=O)N(C)N)c1COc1ccccc1C. The summed E-state index contributed by atoms with van der Waals surface area (Å²) in [5, 5.41) is 3.72. The van der Waals surface area contributed by atoms with Crippen LogP contribution in [0.4, 0.5) is 10.5 Å². The third-order valence-corrected chi connectivity index (χ3v) is 3.38. The van der Waals surface area contributed by atoms with Gasteiger partial charge in [-0.2, -0.15) is 0 Å². The van der Waals surface area contributed by atoms with Gasteiger partial charge in [0.25, 0.3) is 0 Å². The van der Waals surface area contributed by atoms with Gasteiger partial charge in [-0.3, -0.25) is 5.01 Å². The number of hydrogen-bond acceptors (Lipinski definition) is 4. The molecule has 0 atom stereocenters. The molecule has 0 fully saturated rings. The second-order valence-electron chi connectivity index (χ2n) is 5.08. The van der Waals surface area contributed by atoms with Crippen LogP contribution in [0.25, 0.3) is 0 Å². The number of aryl methyl sites for hydroxylation is 1. The van der Waals surface area contributed by atoms with Crippen LogP contribution < -0.4 is 20.6 Å². The summed E-state index contributed by atoms with van der Waals surface area (Å²) in [6.45, 7) is 2.24. The zero-order valence-corrected chi connectivity index (χ0v) is 13.5. The van der Waals surface area contributed by atoms with E-state index < -0.39 is 6.03 Å². The lowest BCUT2D eigenvalue weighted by molar-refractivity contribution is 0.223. The fourth-order valence-corrected chi connectivity index (χ4v) is 2.09. The average molecular weight is 315 g/mol. The quantitative estimate of drug-likeness (QED) is 0.505. The number of rotatable bonds is 5. The fourth-order valence-electron chi connectivity index (χ4n) is 2.09. The Morgan fingerprint density at radius 1 is 1.17 bits per heavy atom. The normalized spacial score (nSPS) is 10.1. The van der Waals surface area contributed by atoms with Crippen molar-refractivity contribution in [1.82, 2.24) is 5.01 Å². The van der Waals surface area contributed by atoms with Crippen molar-refractivity contribution in [2.75, 3.05) is 19.5 Å². The summed E-state index contributed by atoms with van der Waals surface area (Å²) in [7, 11) is 3.05. The van der Waals surface area contributed by atoms with E-state index in [1.54, 1.807) is 19.2 Å². The third-order valence-electron chi connectivity index (χ3n) is 3.38. The van der Waals surface area contributed by atoms with E-state index in [0.717, 1.165) is 21.9 Å². The Labute approximate surface area is 135 Å². The third kappa shape index (κ3) is 4.14. The van der Waals surface area contributed by atoms with Crippen LogP contribution in [0.1, 0.15) is 11.1 Å². The lowest BCUT2D eigenvalue weighted by atomic mass is 10.1. The van der Waals surface area contributed by atoms with Crippen LogP contribution in [0.3, 0.4) is 0 Å². The lowest BCUT2D eigenvalue weighted by Crippen LogP contribution is -2.37. The number of carbonyl (C=O) groups is 1. The predicted molar refractivity (Wildman–Crippen MR) is 89.5 cm³/mol. The molecule has 6 heteroatoms. The van der Waals surface area contributed by atoms with Crippen molar-refractivity contribution < 1.29 is 14.3 Å². The van der Waals surface area contributed by atoms with E-state index in [1.807, 2.05) is 37.3 Å². The van der Waals surface area contributed by atoms with Crippen molar-refractivity contribution >= 4 is 11.7 Å². The van der Waals surface area contributed by atoms with Gasteiger partial charge in [0.15, 0.2) is 0 Å². The molecule has 0 unspecified atom stereocenters. The number of amides is 2. The van der Waals surface area contributed by atoms with Crippen LogP contribution in [-0.4, -0.2) is 25.2 Å². The molecule has 2 aromatic carbocycles. The molecule has 2 rings (SSSR count). The summed E-state index contributed by atoms with van der Waals surface area (Å²) in [6.07, 6.45) is 0. The van der Waals surface area contributed by atoms with Gasteiger partial charge in [-0.25, -0.2) is 10.6 Å². The monoisotopic (exact) mass is 315 g/mol. The van der Waals surface area contributed by atoms with Crippen molar-refractivity contribution in [3.05, 3.63) is 53.6 Å². The van der Waals surface area contributed by atoms with Gasteiger partial charge in [0.2, 0.25) is 0 Å². The van der Waals surface area contributed by atoms with Gasteiger partial charge in [0.05, 0.1) is 18.4 Å². The summed E-state index contributed by atoms with van der Waals surface area (Å²) in [4.78, 5) is 11.8. The Kier molecular flexibility index (Phi) is 5.43. The number of ether oxygens (including phenoxy) is 2. The Balaban J connectivity index is 2.25. The summed E-state index contributed by atoms with van der Waals surface area (Å²) in [6, 6.07) is 12.7. The Morgan fingerprint density at radius 2 is 1.87 bits per heavy atom. The topological polar surface area (TPSA) is 76.8 Å². The number of nitrogens with zero attached hydrogens (tertiary/aromatic N) is 1. The molecule has 0 aromatic heterocycles. The predicted octanol–water partition coefficient (Wildman–Crippen LogP) is 2.92. The molecule has 2 amide bonds. The molecule has 0 saturated carbocycles. The minimum Gasteiger partial charge on any atom is -0.496 e. The molecular weight excluding hydrogens is 294 g/mol. The maximum absolute atomic E-state index is 11.8. The number of para-hydroxylation sites is 1. The number of urea groups is 1. The minimum atomic E-state index is -0.421. The standard InChI is InChI=1S/C17H21N3O3/c1-12-7-4-5-9-15(12)23-11-13-14(19-17(21)20(2)18)8-6-10-16(13)22-3/h4-10H,11,18H2,1-3H3,(H,19,21).